The third kappa shape index (κ3) is 3.91. The van der Waals surface area contributed by atoms with Crippen LogP contribution in [0.2, 0.25) is 0 Å². The Morgan fingerprint density at radius 2 is 1.81 bits per heavy atom. The Hall–Kier alpha value is -3.11. The molecule has 0 bridgehead atoms. The highest BCUT2D eigenvalue weighted by atomic mass is 32.2. The van der Waals surface area contributed by atoms with Gasteiger partial charge in [-0.15, -0.1) is 0 Å². The molecule has 4 rings (SSSR count). The molecule has 10 heteroatoms. The predicted molar refractivity (Wildman–Crippen MR) is 120 cm³/mol. The minimum absolute atomic E-state index is 0.000207. The molecule has 1 saturated heterocycles. The Morgan fingerprint density at radius 3 is 2.50 bits per heavy atom. The second kappa shape index (κ2) is 8.44. The van der Waals surface area contributed by atoms with Crippen molar-refractivity contribution in [2.24, 2.45) is 0 Å². The molecular formula is C22H26N4O5S. The van der Waals surface area contributed by atoms with Gasteiger partial charge >= 0.3 is 6.03 Å². The number of anilines is 2. The number of carbonyl (C=O) groups is 2. The summed E-state index contributed by atoms with van der Waals surface area (Å²) in [6.07, 6.45) is 0.546. The first-order valence-corrected chi connectivity index (χ1v) is 11.9. The maximum absolute atomic E-state index is 13.6. The fourth-order valence-corrected chi connectivity index (χ4v) is 5.70. The molecule has 9 nitrogen and oxygen atoms in total. The maximum Gasteiger partial charge on any atom is 0.321 e. The summed E-state index contributed by atoms with van der Waals surface area (Å²) in [5.74, 6) is -0.498. The van der Waals surface area contributed by atoms with E-state index in [0.29, 0.717) is 50.4 Å². The number of nitrogens with one attached hydrogen (secondary N) is 2. The number of urea groups is 1. The van der Waals surface area contributed by atoms with Crippen molar-refractivity contribution in [2.75, 3.05) is 42.9 Å². The monoisotopic (exact) mass is 458 g/mol. The average molecular weight is 459 g/mol. The first kappa shape index (κ1) is 22.1. The van der Waals surface area contributed by atoms with Crippen molar-refractivity contribution in [2.45, 2.75) is 30.1 Å². The molecule has 3 N–H and O–H groups in total. The van der Waals surface area contributed by atoms with Crippen LogP contribution >= 0.6 is 0 Å². The lowest BCUT2D eigenvalue weighted by atomic mass is 10.2. The summed E-state index contributed by atoms with van der Waals surface area (Å²) >= 11 is 0. The highest BCUT2D eigenvalue weighted by Gasteiger charge is 2.31. The molecule has 0 unspecified atom stereocenters. The van der Waals surface area contributed by atoms with Gasteiger partial charge in [0.2, 0.25) is 15.7 Å². The third-order valence-electron chi connectivity index (χ3n) is 5.88. The number of aryl methyl sites for hydroxylation is 1. The molecule has 2 aromatic rings. The number of sulfone groups is 1. The van der Waals surface area contributed by atoms with E-state index in [0.717, 1.165) is 5.56 Å². The number of carbonyl (C=O) groups excluding carboxylic acids is 2. The summed E-state index contributed by atoms with van der Waals surface area (Å²) in [6, 6.07) is 7.22. The van der Waals surface area contributed by atoms with E-state index in [-0.39, 0.29) is 21.4 Å². The van der Waals surface area contributed by atoms with Crippen LogP contribution < -0.4 is 15.5 Å². The van der Waals surface area contributed by atoms with Crippen molar-refractivity contribution in [3.05, 3.63) is 41.5 Å². The van der Waals surface area contributed by atoms with E-state index in [4.69, 9.17) is 0 Å². The largest absolute Gasteiger partial charge is 0.506 e. The van der Waals surface area contributed by atoms with Crippen molar-refractivity contribution < 1.29 is 23.1 Å². The van der Waals surface area contributed by atoms with Crippen LogP contribution in [0.25, 0.3) is 0 Å². The van der Waals surface area contributed by atoms with Gasteiger partial charge in [-0.05, 0) is 48.7 Å². The zero-order chi connectivity index (χ0) is 23.0. The number of phenolic OH excluding ortho intramolecular Hbond substituents is 1. The van der Waals surface area contributed by atoms with Gasteiger partial charge < -0.3 is 25.5 Å². The van der Waals surface area contributed by atoms with E-state index < -0.39 is 21.6 Å². The van der Waals surface area contributed by atoms with E-state index >= 15 is 0 Å². The third-order valence-corrected chi connectivity index (χ3v) is 7.71. The number of phenols is 1. The van der Waals surface area contributed by atoms with E-state index in [1.807, 2.05) is 0 Å². The van der Waals surface area contributed by atoms with Crippen molar-refractivity contribution >= 4 is 33.2 Å². The van der Waals surface area contributed by atoms with Crippen molar-refractivity contribution in [1.82, 2.24) is 10.2 Å². The molecule has 0 aliphatic carbocycles. The first-order chi connectivity index (χ1) is 15.2. The van der Waals surface area contributed by atoms with Crippen LogP contribution in [-0.4, -0.2) is 63.1 Å². The van der Waals surface area contributed by atoms with Crippen molar-refractivity contribution in [3.63, 3.8) is 0 Å². The molecule has 32 heavy (non-hydrogen) atoms. The van der Waals surface area contributed by atoms with Gasteiger partial charge in [-0.1, -0.05) is 6.07 Å². The van der Waals surface area contributed by atoms with Gasteiger partial charge in [-0.25, -0.2) is 13.2 Å². The van der Waals surface area contributed by atoms with Gasteiger partial charge in [-0.2, -0.15) is 0 Å². The van der Waals surface area contributed by atoms with Crippen LogP contribution in [-0.2, 0) is 21.1 Å². The number of fused-ring (bicyclic) bond motifs is 1. The lowest BCUT2D eigenvalue weighted by molar-refractivity contribution is -0.116. The summed E-state index contributed by atoms with van der Waals surface area (Å²) in [5, 5.41) is 16.5. The highest BCUT2D eigenvalue weighted by molar-refractivity contribution is 7.91. The average Bonchev–Trinajstić information content (AvgIpc) is 3.20. The number of rotatable bonds is 3. The summed E-state index contributed by atoms with van der Waals surface area (Å²) in [5.41, 5.74) is 1.85. The number of piperazine rings is 1. The second-order valence-corrected chi connectivity index (χ2v) is 9.88. The topological polar surface area (TPSA) is 119 Å². The van der Waals surface area contributed by atoms with Crippen molar-refractivity contribution in [1.29, 1.82) is 0 Å². The molecule has 0 saturated carbocycles. The molecule has 0 spiro atoms. The van der Waals surface area contributed by atoms with Crippen LogP contribution in [0.1, 0.15) is 18.1 Å². The first-order valence-electron chi connectivity index (χ1n) is 10.5. The number of hydrogen-bond donors (Lipinski definition) is 3. The summed E-state index contributed by atoms with van der Waals surface area (Å²) in [7, 11) is -4.16. The minimum atomic E-state index is -4.16. The van der Waals surface area contributed by atoms with Crippen LogP contribution in [0.4, 0.5) is 16.2 Å². The van der Waals surface area contributed by atoms with Crippen LogP contribution in [0.5, 0.6) is 5.75 Å². The molecule has 0 radical (unpaired) electrons. The summed E-state index contributed by atoms with van der Waals surface area (Å²) in [4.78, 5) is 27.4. The molecule has 3 amide bonds. The maximum atomic E-state index is 13.6. The zero-order valence-corrected chi connectivity index (χ0v) is 18.8. The molecule has 2 aliphatic heterocycles. The Bertz CT molecular complexity index is 1190. The summed E-state index contributed by atoms with van der Waals surface area (Å²) < 4.78 is 27.2. The van der Waals surface area contributed by atoms with E-state index in [1.54, 1.807) is 28.9 Å². The smallest absolute Gasteiger partial charge is 0.321 e. The molecule has 0 aromatic heterocycles. The standard InChI is InChI=1S/C22H26N4O5S/c1-14-3-5-18(24-22(29)25-11-8-23-9-12-25)21(20(14)28)32(30,31)17-4-6-19-16(13-17)7-10-26(19)15(2)27/h3-6,13,23,28H,7-12H2,1-2H3,(H,24,29). The number of nitrogens with zero attached hydrogens (tertiary/aromatic N) is 2. The highest BCUT2D eigenvalue weighted by Crippen LogP contribution is 2.39. The van der Waals surface area contributed by atoms with Gasteiger partial charge in [0.25, 0.3) is 0 Å². The number of benzene rings is 2. The van der Waals surface area contributed by atoms with Gasteiger partial charge in [-0.3, -0.25) is 4.79 Å². The number of aromatic hydroxyl groups is 1. The quantitative estimate of drug-likeness (QED) is 0.646. The molecule has 1 fully saturated rings. The Kier molecular flexibility index (Phi) is 5.83. The Labute approximate surface area is 186 Å². The molecule has 0 atom stereocenters. The van der Waals surface area contributed by atoms with Crippen LogP contribution in [0.15, 0.2) is 40.1 Å². The normalized spacial score (nSPS) is 16.1. The van der Waals surface area contributed by atoms with Gasteiger partial charge in [0, 0.05) is 45.3 Å². The zero-order valence-electron chi connectivity index (χ0n) is 18.0. The SMILES string of the molecule is CC(=O)N1CCc2cc(S(=O)(=O)c3c(NC(=O)N4CCNCC4)ccc(C)c3O)ccc21. The molecule has 2 heterocycles. The second-order valence-electron chi connectivity index (χ2n) is 7.99. The van der Waals surface area contributed by atoms with E-state index in [1.165, 1.54) is 25.1 Å². The number of amides is 3. The van der Waals surface area contributed by atoms with Gasteiger partial charge in [0.05, 0.1) is 10.6 Å². The molecule has 2 aliphatic rings. The fourth-order valence-electron chi connectivity index (χ4n) is 4.09. The van der Waals surface area contributed by atoms with E-state index in [9.17, 15) is 23.1 Å². The van der Waals surface area contributed by atoms with E-state index in [2.05, 4.69) is 10.6 Å². The fraction of sp³-hybridized carbons (Fsp3) is 0.364. The molecule has 170 valence electrons. The van der Waals surface area contributed by atoms with Crippen LogP contribution in [0, 0.1) is 6.92 Å². The lowest BCUT2D eigenvalue weighted by Crippen LogP contribution is -2.48. The molecule has 2 aromatic carbocycles. The Morgan fingerprint density at radius 1 is 1.09 bits per heavy atom. The van der Waals surface area contributed by atoms with Crippen LogP contribution in [0.3, 0.4) is 0 Å². The van der Waals surface area contributed by atoms with Gasteiger partial charge in [0.1, 0.15) is 10.6 Å². The van der Waals surface area contributed by atoms with Crippen molar-refractivity contribution in [3.8, 4) is 5.75 Å². The van der Waals surface area contributed by atoms with Gasteiger partial charge in [0.15, 0.2) is 0 Å². The minimum Gasteiger partial charge on any atom is -0.506 e. The number of hydrogen-bond acceptors (Lipinski definition) is 6. The predicted octanol–water partition coefficient (Wildman–Crippen LogP) is 1.88. The summed E-state index contributed by atoms with van der Waals surface area (Å²) in [6.45, 7) is 5.89. The molecular weight excluding hydrogens is 432 g/mol. The lowest BCUT2D eigenvalue weighted by Gasteiger charge is -2.28. The Balaban J connectivity index is 1.73.